The van der Waals surface area contributed by atoms with Crippen LogP contribution in [-0.4, -0.2) is 28.0 Å². The third-order valence-corrected chi connectivity index (χ3v) is 4.91. The fourth-order valence-electron chi connectivity index (χ4n) is 3.17. The van der Waals surface area contributed by atoms with Gasteiger partial charge in [0, 0.05) is 22.4 Å². The van der Waals surface area contributed by atoms with Crippen LogP contribution in [0, 0.1) is 6.92 Å². The molecule has 0 spiro atoms. The number of aromatic nitrogens is 3. The van der Waals surface area contributed by atoms with Gasteiger partial charge in [-0.25, -0.2) is 9.48 Å². The van der Waals surface area contributed by atoms with Gasteiger partial charge in [-0.1, -0.05) is 27.2 Å². The third-order valence-electron chi connectivity index (χ3n) is 4.42. The highest BCUT2D eigenvalue weighted by molar-refractivity contribution is 9.10. The molecule has 25 heavy (non-hydrogen) atoms. The Bertz CT molecular complexity index is 947. The molecule has 1 aliphatic carbocycles. The lowest BCUT2D eigenvalue weighted by atomic mass is 10.1. The minimum absolute atomic E-state index is 0.142. The Morgan fingerprint density at radius 1 is 1.36 bits per heavy atom. The first-order valence-electron chi connectivity index (χ1n) is 7.94. The molecule has 7 heteroatoms. The van der Waals surface area contributed by atoms with Crippen LogP contribution < -0.4 is 0 Å². The Morgan fingerprint density at radius 3 is 2.88 bits per heavy atom. The highest BCUT2D eigenvalue weighted by atomic mass is 79.9. The quantitative estimate of drug-likeness (QED) is 0.618. The van der Waals surface area contributed by atoms with Gasteiger partial charge in [0.25, 0.3) is 0 Å². The Balaban J connectivity index is 1.77. The van der Waals surface area contributed by atoms with Crippen molar-refractivity contribution in [3.05, 3.63) is 63.7 Å². The summed E-state index contributed by atoms with van der Waals surface area (Å²) in [6.45, 7) is 1.90. The van der Waals surface area contributed by atoms with E-state index in [0.29, 0.717) is 5.56 Å². The maximum Gasteiger partial charge on any atom is 0.341 e. The van der Waals surface area contributed by atoms with E-state index in [1.54, 1.807) is 6.20 Å². The van der Waals surface area contributed by atoms with E-state index in [2.05, 4.69) is 26.2 Å². The van der Waals surface area contributed by atoms with E-state index in [9.17, 15) is 4.79 Å². The van der Waals surface area contributed by atoms with Crippen molar-refractivity contribution in [1.82, 2.24) is 14.9 Å². The molecule has 1 saturated carbocycles. The number of hydrogen-bond acceptors (Lipinski definition) is 5. The molecule has 1 unspecified atom stereocenters. The van der Waals surface area contributed by atoms with E-state index >= 15 is 0 Å². The molecule has 4 rings (SSSR count). The summed E-state index contributed by atoms with van der Waals surface area (Å²) in [5, 5.41) is 8.40. The fraction of sp³-hybridized carbons (Fsp3) is 0.278. The SMILES string of the molecule is COC(=O)c1cnn(-c2cccc(Br)c2)c1[C@@H]1CC1c1cc(C)no1. The number of methoxy groups -OCH3 is 1. The Labute approximate surface area is 152 Å². The molecule has 6 nitrogen and oxygen atoms in total. The first-order valence-corrected chi connectivity index (χ1v) is 8.73. The van der Waals surface area contributed by atoms with Gasteiger partial charge in [-0.05, 0) is 31.5 Å². The van der Waals surface area contributed by atoms with Crippen LogP contribution in [0.1, 0.15) is 45.8 Å². The number of halogens is 1. The van der Waals surface area contributed by atoms with Crippen molar-refractivity contribution in [3.8, 4) is 5.69 Å². The second-order valence-electron chi connectivity index (χ2n) is 6.15. The number of aryl methyl sites for hydroxylation is 1. The molecule has 2 aromatic heterocycles. The molecule has 2 heterocycles. The molecule has 0 N–H and O–H groups in total. The zero-order valence-corrected chi connectivity index (χ0v) is 15.4. The molecule has 1 aromatic carbocycles. The van der Waals surface area contributed by atoms with Crippen molar-refractivity contribution < 1.29 is 14.1 Å². The first-order chi connectivity index (χ1) is 12.1. The molecular formula is C18H16BrN3O3. The molecule has 0 amide bonds. The van der Waals surface area contributed by atoms with Crippen molar-refractivity contribution in [2.24, 2.45) is 0 Å². The third kappa shape index (κ3) is 2.89. The number of carbonyl (C=O) groups excluding carboxylic acids is 1. The highest BCUT2D eigenvalue weighted by Gasteiger charge is 2.46. The maximum absolute atomic E-state index is 12.2. The summed E-state index contributed by atoms with van der Waals surface area (Å²) >= 11 is 3.48. The lowest BCUT2D eigenvalue weighted by molar-refractivity contribution is 0.0599. The van der Waals surface area contributed by atoms with Gasteiger partial charge >= 0.3 is 5.97 Å². The van der Waals surface area contributed by atoms with Crippen LogP contribution in [0.2, 0.25) is 0 Å². The topological polar surface area (TPSA) is 70.2 Å². The van der Waals surface area contributed by atoms with Gasteiger partial charge in [-0.2, -0.15) is 5.10 Å². The number of carbonyl (C=O) groups is 1. The largest absolute Gasteiger partial charge is 0.465 e. The summed E-state index contributed by atoms with van der Waals surface area (Å²) in [5.41, 5.74) is 3.09. The molecular weight excluding hydrogens is 386 g/mol. The van der Waals surface area contributed by atoms with Gasteiger partial charge in [0.2, 0.25) is 0 Å². The predicted molar refractivity (Wildman–Crippen MR) is 93.9 cm³/mol. The number of rotatable bonds is 4. The number of hydrogen-bond donors (Lipinski definition) is 0. The minimum Gasteiger partial charge on any atom is -0.465 e. The van der Waals surface area contributed by atoms with Crippen molar-refractivity contribution in [1.29, 1.82) is 0 Å². The van der Waals surface area contributed by atoms with Gasteiger partial charge in [0.1, 0.15) is 11.3 Å². The van der Waals surface area contributed by atoms with Gasteiger partial charge < -0.3 is 9.26 Å². The molecule has 128 valence electrons. The summed E-state index contributed by atoms with van der Waals surface area (Å²) < 4.78 is 13.1. The minimum atomic E-state index is -0.379. The normalized spacial score (nSPS) is 19.0. The van der Waals surface area contributed by atoms with Crippen molar-refractivity contribution in [2.45, 2.75) is 25.2 Å². The van der Waals surface area contributed by atoms with E-state index in [4.69, 9.17) is 9.26 Å². The molecule has 0 saturated heterocycles. The van der Waals surface area contributed by atoms with Crippen molar-refractivity contribution >= 4 is 21.9 Å². The first kappa shape index (κ1) is 16.1. The molecule has 0 aliphatic heterocycles. The molecule has 1 fully saturated rings. The van der Waals surface area contributed by atoms with Gasteiger partial charge in [0.05, 0.1) is 30.4 Å². The zero-order chi connectivity index (χ0) is 17.6. The van der Waals surface area contributed by atoms with Crippen molar-refractivity contribution in [2.75, 3.05) is 7.11 Å². The van der Waals surface area contributed by atoms with Crippen LogP contribution in [0.25, 0.3) is 5.69 Å². The number of ether oxygens (including phenoxy) is 1. The zero-order valence-electron chi connectivity index (χ0n) is 13.8. The smallest absolute Gasteiger partial charge is 0.341 e. The van der Waals surface area contributed by atoms with Gasteiger partial charge in [-0.3, -0.25) is 0 Å². The number of nitrogens with zero attached hydrogens (tertiary/aromatic N) is 3. The lowest BCUT2D eigenvalue weighted by Crippen LogP contribution is -2.08. The summed E-state index contributed by atoms with van der Waals surface area (Å²) in [4.78, 5) is 12.2. The number of benzene rings is 1. The Morgan fingerprint density at radius 2 is 2.20 bits per heavy atom. The van der Waals surface area contributed by atoms with Crippen molar-refractivity contribution in [3.63, 3.8) is 0 Å². The van der Waals surface area contributed by atoms with Crippen LogP contribution in [-0.2, 0) is 4.74 Å². The van der Waals surface area contributed by atoms with E-state index in [-0.39, 0.29) is 17.8 Å². The van der Waals surface area contributed by atoms with Gasteiger partial charge in [-0.15, -0.1) is 0 Å². The second-order valence-corrected chi connectivity index (χ2v) is 7.06. The van der Waals surface area contributed by atoms with E-state index in [0.717, 1.165) is 33.7 Å². The molecule has 0 radical (unpaired) electrons. The monoisotopic (exact) mass is 401 g/mol. The summed E-state index contributed by atoms with van der Waals surface area (Å²) in [5.74, 6) is 0.811. The van der Waals surface area contributed by atoms with Crippen LogP contribution in [0.3, 0.4) is 0 Å². The van der Waals surface area contributed by atoms with E-state index in [1.807, 2.05) is 41.9 Å². The van der Waals surface area contributed by atoms with Crippen LogP contribution in [0.15, 0.2) is 45.5 Å². The molecule has 3 aromatic rings. The van der Waals surface area contributed by atoms with Crippen LogP contribution in [0.5, 0.6) is 0 Å². The second kappa shape index (κ2) is 6.15. The summed E-state index contributed by atoms with van der Waals surface area (Å²) in [6, 6.07) is 9.76. The fourth-order valence-corrected chi connectivity index (χ4v) is 3.55. The van der Waals surface area contributed by atoms with Crippen LogP contribution in [0.4, 0.5) is 0 Å². The van der Waals surface area contributed by atoms with Gasteiger partial charge in [0.15, 0.2) is 0 Å². The number of esters is 1. The highest BCUT2D eigenvalue weighted by Crippen LogP contribution is 2.55. The lowest BCUT2D eigenvalue weighted by Gasteiger charge is -2.09. The predicted octanol–water partition coefficient (Wildman–Crippen LogP) is 3.99. The average Bonchev–Trinajstić information content (AvgIpc) is 3.06. The maximum atomic E-state index is 12.2. The summed E-state index contributed by atoms with van der Waals surface area (Å²) in [6.07, 6.45) is 2.46. The standard InChI is InChI=1S/C18H16BrN3O3/c1-10-6-16(25-21-10)13-8-14(13)17-15(18(23)24-2)9-20-22(17)12-5-3-4-11(19)7-12/h3-7,9,13-14H,8H2,1-2H3/t13?,14-/m1/s1. The van der Waals surface area contributed by atoms with E-state index in [1.165, 1.54) is 7.11 Å². The molecule has 1 aliphatic rings. The Hall–Kier alpha value is -2.41. The van der Waals surface area contributed by atoms with Crippen LogP contribution >= 0.6 is 15.9 Å². The Kier molecular flexibility index (Phi) is 3.95. The molecule has 2 atom stereocenters. The van der Waals surface area contributed by atoms with E-state index < -0.39 is 0 Å². The molecule has 0 bridgehead atoms. The average molecular weight is 402 g/mol. The summed E-state index contributed by atoms with van der Waals surface area (Å²) in [7, 11) is 1.38.